The molecule has 0 radical (unpaired) electrons. The van der Waals surface area contributed by atoms with E-state index < -0.39 is 5.97 Å². The minimum absolute atomic E-state index is 0.125. The van der Waals surface area contributed by atoms with Gasteiger partial charge in [0, 0.05) is 23.4 Å². The summed E-state index contributed by atoms with van der Waals surface area (Å²) in [5.74, 6) is 1.13. The SMILES string of the molecule is COC(=O)c1ccc([C@@H]2C3=C(CCCC3=O)Nc3nc(SCc4ccccc4)nn32)cc1. The van der Waals surface area contributed by atoms with Crippen LogP contribution in [0, 0.1) is 0 Å². The lowest BCUT2D eigenvalue weighted by Gasteiger charge is -2.32. The summed E-state index contributed by atoms with van der Waals surface area (Å²) in [4.78, 5) is 29.5. The predicted octanol–water partition coefficient (Wildman–Crippen LogP) is 4.38. The van der Waals surface area contributed by atoms with Gasteiger partial charge in [-0.2, -0.15) is 4.98 Å². The highest BCUT2D eigenvalue weighted by Crippen LogP contribution is 2.40. The number of rotatable bonds is 5. The molecule has 7 nitrogen and oxygen atoms in total. The van der Waals surface area contributed by atoms with Gasteiger partial charge in [-0.15, -0.1) is 5.10 Å². The van der Waals surface area contributed by atoms with Crippen LogP contribution in [0.25, 0.3) is 0 Å². The van der Waals surface area contributed by atoms with E-state index in [-0.39, 0.29) is 11.8 Å². The second-order valence-corrected chi connectivity index (χ2v) is 8.69. The molecule has 5 rings (SSSR count). The Bertz CT molecular complexity index is 1200. The van der Waals surface area contributed by atoms with Crippen molar-refractivity contribution in [2.24, 2.45) is 0 Å². The number of nitrogens with zero attached hydrogens (tertiary/aromatic N) is 3. The Morgan fingerprint density at radius 1 is 1.16 bits per heavy atom. The Hall–Kier alpha value is -3.39. The smallest absolute Gasteiger partial charge is 0.337 e. The number of fused-ring (bicyclic) bond motifs is 1. The van der Waals surface area contributed by atoms with E-state index in [0.29, 0.717) is 23.1 Å². The van der Waals surface area contributed by atoms with Gasteiger partial charge in [0.15, 0.2) is 5.78 Å². The molecule has 8 heteroatoms. The summed E-state index contributed by atoms with van der Waals surface area (Å²) in [6.07, 6.45) is 2.15. The summed E-state index contributed by atoms with van der Waals surface area (Å²) in [7, 11) is 1.36. The van der Waals surface area contributed by atoms with Gasteiger partial charge < -0.3 is 10.1 Å². The summed E-state index contributed by atoms with van der Waals surface area (Å²) in [6, 6.07) is 17.0. The molecule has 0 unspecified atom stereocenters. The molecule has 162 valence electrons. The van der Waals surface area contributed by atoms with Crippen LogP contribution < -0.4 is 5.32 Å². The summed E-state index contributed by atoms with van der Waals surface area (Å²) in [5, 5.41) is 8.75. The highest BCUT2D eigenvalue weighted by Gasteiger charge is 2.36. The lowest BCUT2D eigenvalue weighted by atomic mass is 9.85. The number of aromatic nitrogens is 3. The lowest BCUT2D eigenvalue weighted by molar-refractivity contribution is -0.116. The van der Waals surface area contributed by atoms with E-state index in [1.54, 1.807) is 28.6 Å². The minimum atomic E-state index is -0.392. The van der Waals surface area contributed by atoms with Crippen LogP contribution in [-0.2, 0) is 15.3 Å². The molecular formula is C24H22N4O3S. The maximum atomic E-state index is 12.9. The molecule has 1 atom stereocenters. The number of carbonyl (C=O) groups excluding carboxylic acids is 2. The Kier molecular flexibility index (Phi) is 5.53. The fraction of sp³-hybridized carbons (Fsp3) is 0.250. The fourth-order valence-electron chi connectivity index (χ4n) is 4.15. The van der Waals surface area contributed by atoms with Gasteiger partial charge in [-0.1, -0.05) is 54.2 Å². The molecule has 0 spiro atoms. The molecule has 2 aliphatic rings. The van der Waals surface area contributed by atoms with Crippen molar-refractivity contribution in [3.05, 3.63) is 82.6 Å². The van der Waals surface area contributed by atoms with Crippen LogP contribution in [0.5, 0.6) is 0 Å². The summed E-state index contributed by atoms with van der Waals surface area (Å²) in [6.45, 7) is 0. The van der Waals surface area contributed by atoms with E-state index in [0.717, 1.165) is 35.4 Å². The van der Waals surface area contributed by atoms with Crippen molar-refractivity contribution in [3.63, 3.8) is 0 Å². The van der Waals surface area contributed by atoms with Crippen LogP contribution >= 0.6 is 11.8 Å². The molecular weight excluding hydrogens is 424 g/mol. The van der Waals surface area contributed by atoms with Crippen LogP contribution in [0.15, 0.2) is 71.0 Å². The first-order chi connectivity index (χ1) is 15.6. The molecule has 3 aromatic rings. The first-order valence-electron chi connectivity index (χ1n) is 10.5. The Morgan fingerprint density at radius 2 is 1.94 bits per heavy atom. The normalized spacial score (nSPS) is 17.4. The van der Waals surface area contributed by atoms with Gasteiger partial charge in [0.25, 0.3) is 0 Å². The summed E-state index contributed by atoms with van der Waals surface area (Å²) >= 11 is 1.56. The van der Waals surface area contributed by atoms with E-state index in [1.165, 1.54) is 12.7 Å². The largest absolute Gasteiger partial charge is 0.465 e. The zero-order valence-electron chi connectivity index (χ0n) is 17.6. The maximum Gasteiger partial charge on any atom is 0.337 e. The average Bonchev–Trinajstić information content (AvgIpc) is 3.24. The number of hydrogen-bond acceptors (Lipinski definition) is 7. The molecule has 1 N–H and O–H groups in total. The van der Waals surface area contributed by atoms with Crippen LogP contribution in [0.2, 0.25) is 0 Å². The van der Waals surface area contributed by atoms with Crippen LogP contribution in [0.1, 0.15) is 46.8 Å². The Balaban J connectivity index is 1.50. The number of methoxy groups -OCH3 is 1. The standard InChI is InChI=1S/C24H22N4O3S/c1-31-22(30)17-12-10-16(11-13-17)21-20-18(8-5-9-19(20)29)25-23-26-24(27-28(21)23)32-14-15-6-3-2-4-7-15/h2-4,6-7,10-13,21H,5,8-9,14H2,1H3,(H,25,26,27)/t21-/m1/s1. The topological polar surface area (TPSA) is 86.1 Å². The zero-order chi connectivity index (χ0) is 22.1. The number of allylic oxidation sites excluding steroid dienone is 2. The third-order valence-corrected chi connectivity index (χ3v) is 6.62. The van der Waals surface area contributed by atoms with Crippen molar-refractivity contribution in [2.45, 2.75) is 36.2 Å². The van der Waals surface area contributed by atoms with E-state index >= 15 is 0 Å². The second-order valence-electron chi connectivity index (χ2n) is 7.75. The maximum absolute atomic E-state index is 12.9. The first-order valence-corrected chi connectivity index (χ1v) is 11.5. The molecule has 0 saturated heterocycles. The van der Waals surface area contributed by atoms with Crippen molar-refractivity contribution in [1.82, 2.24) is 14.8 Å². The number of anilines is 1. The average molecular weight is 447 g/mol. The van der Waals surface area contributed by atoms with Gasteiger partial charge >= 0.3 is 5.97 Å². The Morgan fingerprint density at radius 3 is 2.69 bits per heavy atom. The molecule has 32 heavy (non-hydrogen) atoms. The summed E-state index contributed by atoms with van der Waals surface area (Å²) in [5.41, 5.74) is 4.20. The third-order valence-electron chi connectivity index (χ3n) is 5.71. The molecule has 0 fully saturated rings. The third kappa shape index (κ3) is 3.82. The van der Waals surface area contributed by atoms with Crippen molar-refractivity contribution in [3.8, 4) is 0 Å². The molecule has 1 aromatic heterocycles. The number of carbonyl (C=O) groups is 2. The lowest BCUT2D eigenvalue weighted by Crippen LogP contribution is -2.31. The number of ketones is 1. The van der Waals surface area contributed by atoms with E-state index in [2.05, 4.69) is 17.4 Å². The van der Waals surface area contributed by atoms with Crippen molar-refractivity contribution >= 4 is 29.5 Å². The van der Waals surface area contributed by atoms with Gasteiger partial charge in [-0.25, -0.2) is 9.48 Å². The number of thioether (sulfide) groups is 1. The fourth-order valence-corrected chi connectivity index (χ4v) is 4.93. The van der Waals surface area contributed by atoms with Crippen molar-refractivity contribution < 1.29 is 14.3 Å². The van der Waals surface area contributed by atoms with Gasteiger partial charge in [-0.3, -0.25) is 4.79 Å². The molecule has 1 aliphatic carbocycles. The number of Topliss-reactive ketones (excluding diaryl/α,β-unsaturated/α-hetero) is 1. The molecule has 2 aromatic carbocycles. The van der Waals surface area contributed by atoms with Gasteiger partial charge in [-0.05, 0) is 36.1 Å². The Labute approximate surface area is 189 Å². The van der Waals surface area contributed by atoms with Crippen LogP contribution in [-0.4, -0.2) is 33.6 Å². The number of hydrogen-bond donors (Lipinski definition) is 1. The number of ether oxygens (including phenoxy) is 1. The zero-order valence-corrected chi connectivity index (χ0v) is 18.4. The highest BCUT2D eigenvalue weighted by atomic mass is 32.2. The van der Waals surface area contributed by atoms with E-state index in [9.17, 15) is 9.59 Å². The van der Waals surface area contributed by atoms with E-state index in [1.807, 2.05) is 30.3 Å². The van der Waals surface area contributed by atoms with Crippen LogP contribution in [0.3, 0.4) is 0 Å². The molecule has 0 saturated carbocycles. The number of nitrogens with one attached hydrogen (secondary N) is 1. The molecule has 0 amide bonds. The first kappa shape index (κ1) is 20.5. The van der Waals surface area contributed by atoms with Gasteiger partial charge in [0.2, 0.25) is 11.1 Å². The molecule has 2 heterocycles. The quantitative estimate of drug-likeness (QED) is 0.460. The number of esters is 1. The van der Waals surface area contributed by atoms with Crippen molar-refractivity contribution in [1.29, 1.82) is 0 Å². The monoisotopic (exact) mass is 446 g/mol. The number of benzene rings is 2. The summed E-state index contributed by atoms with van der Waals surface area (Å²) < 4.78 is 6.60. The van der Waals surface area contributed by atoms with Crippen LogP contribution in [0.4, 0.5) is 5.95 Å². The van der Waals surface area contributed by atoms with E-state index in [4.69, 9.17) is 14.8 Å². The highest BCUT2D eigenvalue weighted by molar-refractivity contribution is 7.98. The molecule has 0 bridgehead atoms. The minimum Gasteiger partial charge on any atom is -0.465 e. The molecule has 1 aliphatic heterocycles. The van der Waals surface area contributed by atoms with Gasteiger partial charge in [0.1, 0.15) is 6.04 Å². The van der Waals surface area contributed by atoms with Gasteiger partial charge in [0.05, 0.1) is 12.7 Å². The second kappa shape index (κ2) is 8.63. The predicted molar refractivity (Wildman–Crippen MR) is 121 cm³/mol. The van der Waals surface area contributed by atoms with Crippen molar-refractivity contribution in [2.75, 3.05) is 12.4 Å².